The Morgan fingerprint density at radius 3 is 2.41 bits per heavy atom. The van der Waals surface area contributed by atoms with Crippen LogP contribution in [0.15, 0.2) is 59.5 Å². The molecule has 172 valence electrons. The minimum Gasteiger partial charge on any atom is -0.497 e. The second-order valence-corrected chi connectivity index (χ2v) is 9.36. The van der Waals surface area contributed by atoms with E-state index in [0.717, 1.165) is 41.9 Å². The van der Waals surface area contributed by atoms with Gasteiger partial charge in [-0.1, -0.05) is 50.1 Å². The number of amides is 2. The standard InChI is InChI=1S/C26H34N2O3S/c1-3-24(26(30)27-21-9-7-8-10-21)28(19-20-13-15-22(31-2)16-14-20)25(29)17-18-32-23-11-5-4-6-12-23/h4-6,11-16,21,24H,3,7-10,17-19H2,1-2H3,(H,27,30). The van der Waals surface area contributed by atoms with E-state index in [4.69, 9.17) is 4.74 Å². The number of benzene rings is 2. The van der Waals surface area contributed by atoms with Gasteiger partial charge < -0.3 is 15.0 Å². The Morgan fingerprint density at radius 1 is 1.09 bits per heavy atom. The molecule has 6 heteroatoms. The second kappa shape index (κ2) is 12.5. The topological polar surface area (TPSA) is 58.6 Å². The molecule has 0 spiro atoms. The summed E-state index contributed by atoms with van der Waals surface area (Å²) in [5.74, 6) is 1.44. The van der Waals surface area contributed by atoms with E-state index in [1.54, 1.807) is 23.8 Å². The van der Waals surface area contributed by atoms with Gasteiger partial charge in [0.15, 0.2) is 0 Å². The average molecular weight is 455 g/mol. The van der Waals surface area contributed by atoms with Crippen molar-refractivity contribution in [3.63, 3.8) is 0 Å². The van der Waals surface area contributed by atoms with Crippen molar-refractivity contribution in [2.45, 2.75) is 69.0 Å². The molecule has 1 saturated carbocycles. The molecule has 32 heavy (non-hydrogen) atoms. The number of nitrogens with one attached hydrogen (secondary N) is 1. The summed E-state index contributed by atoms with van der Waals surface area (Å²) < 4.78 is 5.25. The molecule has 1 fully saturated rings. The molecule has 1 N–H and O–H groups in total. The normalized spacial score (nSPS) is 14.7. The number of hydrogen-bond acceptors (Lipinski definition) is 4. The fraction of sp³-hybridized carbons (Fsp3) is 0.462. The predicted octanol–water partition coefficient (Wildman–Crippen LogP) is 5.04. The van der Waals surface area contributed by atoms with Crippen LogP contribution < -0.4 is 10.1 Å². The first-order chi connectivity index (χ1) is 15.6. The van der Waals surface area contributed by atoms with Crippen molar-refractivity contribution in [1.82, 2.24) is 10.2 Å². The SMILES string of the molecule is CCC(C(=O)NC1CCCC1)N(Cc1ccc(OC)cc1)C(=O)CCSc1ccccc1. The van der Waals surface area contributed by atoms with Gasteiger partial charge in [-0.2, -0.15) is 0 Å². The molecule has 0 radical (unpaired) electrons. The Hall–Kier alpha value is -2.47. The van der Waals surface area contributed by atoms with Crippen LogP contribution in [0.5, 0.6) is 5.75 Å². The predicted molar refractivity (Wildman–Crippen MR) is 130 cm³/mol. The highest BCUT2D eigenvalue weighted by Gasteiger charge is 2.30. The Labute approximate surface area is 195 Å². The quantitative estimate of drug-likeness (QED) is 0.483. The third kappa shape index (κ3) is 7.02. The van der Waals surface area contributed by atoms with Crippen molar-refractivity contribution >= 4 is 23.6 Å². The van der Waals surface area contributed by atoms with Crippen LogP contribution in [-0.2, 0) is 16.1 Å². The molecule has 5 nitrogen and oxygen atoms in total. The van der Waals surface area contributed by atoms with Crippen molar-refractivity contribution < 1.29 is 14.3 Å². The Kier molecular flexibility index (Phi) is 9.47. The fourth-order valence-corrected chi connectivity index (χ4v) is 4.99. The van der Waals surface area contributed by atoms with E-state index in [1.165, 1.54) is 0 Å². The van der Waals surface area contributed by atoms with Gasteiger partial charge in [0.2, 0.25) is 11.8 Å². The molecule has 2 amide bonds. The van der Waals surface area contributed by atoms with Crippen LogP contribution in [0, 0.1) is 0 Å². The van der Waals surface area contributed by atoms with Gasteiger partial charge >= 0.3 is 0 Å². The van der Waals surface area contributed by atoms with Crippen molar-refractivity contribution in [1.29, 1.82) is 0 Å². The molecule has 1 aliphatic carbocycles. The Balaban J connectivity index is 1.70. The third-order valence-corrected chi connectivity index (χ3v) is 6.94. The zero-order valence-electron chi connectivity index (χ0n) is 19.1. The van der Waals surface area contributed by atoms with Crippen molar-refractivity contribution in [2.24, 2.45) is 0 Å². The minimum absolute atomic E-state index is 0.0117. The molecule has 1 unspecified atom stereocenters. The highest BCUT2D eigenvalue weighted by molar-refractivity contribution is 7.99. The zero-order chi connectivity index (χ0) is 22.8. The molecular weight excluding hydrogens is 420 g/mol. The van der Waals surface area contributed by atoms with E-state index in [9.17, 15) is 9.59 Å². The van der Waals surface area contributed by atoms with E-state index >= 15 is 0 Å². The lowest BCUT2D eigenvalue weighted by atomic mass is 10.1. The highest BCUT2D eigenvalue weighted by atomic mass is 32.2. The molecule has 0 bridgehead atoms. The molecular formula is C26H34N2O3S. The van der Waals surface area contributed by atoms with Gasteiger partial charge in [0.1, 0.15) is 11.8 Å². The van der Waals surface area contributed by atoms with E-state index in [-0.39, 0.29) is 17.9 Å². The summed E-state index contributed by atoms with van der Waals surface area (Å²) in [5.41, 5.74) is 0.988. The number of methoxy groups -OCH3 is 1. The number of carbonyl (C=O) groups is 2. The first kappa shape index (κ1) is 24.2. The number of nitrogens with zero attached hydrogens (tertiary/aromatic N) is 1. The van der Waals surface area contributed by atoms with Gasteiger partial charge in [-0.3, -0.25) is 9.59 Å². The summed E-state index contributed by atoms with van der Waals surface area (Å²) in [4.78, 5) is 29.4. The number of ether oxygens (including phenoxy) is 1. The zero-order valence-corrected chi connectivity index (χ0v) is 19.9. The summed E-state index contributed by atoms with van der Waals surface area (Å²) in [5, 5.41) is 3.19. The fourth-order valence-electron chi connectivity index (χ4n) is 4.13. The van der Waals surface area contributed by atoms with E-state index in [1.807, 2.05) is 61.5 Å². The lowest BCUT2D eigenvalue weighted by molar-refractivity contribution is -0.141. The van der Waals surface area contributed by atoms with Crippen molar-refractivity contribution in [3.05, 3.63) is 60.2 Å². The summed E-state index contributed by atoms with van der Waals surface area (Å²) in [6.45, 7) is 2.39. The van der Waals surface area contributed by atoms with Crippen LogP contribution in [0.2, 0.25) is 0 Å². The van der Waals surface area contributed by atoms with E-state index in [2.05, 4.69) is 5.32 Å². The maximum atomic E-state index is 13.3. The maximum absolute atomic E-state index is 13.3. The number of thioether (sulfide) groups is 1. The van der Waals surface area contributed by atoms with Gasteiger partial charge in [-0.25, -0.2) is 0 Å². The first-order valence-electron chi connectivity index (χ1n) is 11.5. The highest BCUT2D eigenvalue weighted by Crippen LogP contribution is 2.22. The van der Waals surface area contributed by atoms with E-state index < -0.39 is 6.04 Å². The third-order valence-electron chi connectivity index (χ3n) is 5.93. The molecule has 0 heterocycles. The van der Waals surface area contributed by atoms with Gasteiger partial charge in [0.05, 0.1) is 7.11 Å². The minimum atomic E-state index is -0.466. The Bertz CT molecular complexity index is 851. The van der Waals surface area contributed by atoms with Crippen LogP contribution in [-0.4, -0.2) is 41.7 Å². The Morgan fingerprint density at radius 2 is 1.78 bits per heavy atom. The van der Waals surface area contributed by atoms with Crippen LogP contribution in [0.3, 0.4) is 0 Å². The van der Waals surface area contributed by atoms with Crippen LogP contribution in [0.1, 0.15) is 51.0 Å². The van der Waals surface area contributed by atoms with Gasteiger partial charge in [0, 0.05) is 29.7 Å². The number of hydrogen-bond donors (Lipinski definition) is 1. The summed E-state index contributed by atoms with van der Waals surface area (Å²) in [7, 11) is 1.63. The number of carbonyl (C=O) groups excluding carboxylic acids is 2. The van der Waals surface area contributed by atoms with Gasteiger partial charge in [0.25, 0.3) is 0 Å². The molecule has 1 aliphatic rings. The van der Waals surface area contributed by atoms with Crippen molar-refractivity contribution in [2.75, 3.05) is 12.9 Å². The van der Waals surface area contributed by atoms with Gasteiger partial charge in [-0.15, -0.1) is 11.8 Å². The van der Waals surface area contributed by atoms with E-state index in [0.29, 0.717) is 25.1 Å². The smallest absolute Gasteiger partial charge is 0.243 e. The summed E-state index contributed by atoms with van der Waals surface area (Å²) >= 11 is 1.67. The molecule has 1 atom stereocenters. The first-order valence-corrected chi connectivity index (χ1v) is 12.5. The monoisotopic (exact) mass is 454 g/mol. The maximum Gasteiger partial charge on any atom is 0.243 e. The molecule has 3 rings (SSSR count). The lowest BCUT2D eigenvalue weighted by Gasteiger charge is -2.31. The summed E-state index contributed by atoms with van der Waals surface area (Å²) in [6, 6.07) is 17.6. The molecule has 2 aromatic rings. The second-order valence-electron chi connectivity index (χ2n) is 8.20. The lowest BCUT2D eigenvalue weighted by Crippen LogP contribution is -2.51. The molecule has 0 aliphatic heterocycles. The average Bonchev–Trinajstić information content (AvgIpc) is 3.33. The molecule has 2 aromatic carbocycles. The van der Waals surface area contributed by atoms with Crippen LogP contribution in [0.4, 0.5) is 0 Å². The summed E-state index contributed by atoms with van der Waals surface area (Å²) in [6.07, 6.45) is 5.36. The van der Waals surface area contributed by atoms with Crippen LogP contribution in [0.25, 0.3) is 0 Å². The molecule has 0 aromatic heterocycles. The molecule has 0 saturated heterocycles. The van der Waals surface area contributed by atoms with Crippen LogP contribution >= 0.6 is 11.8 Å². The number of rotatable bonds is 11. The van der Waals surface area contributed by atoms with Crippen molar-refractivity contribution in [3.8, 4) is 5.75 Å². The largest absolute Gasteiger partial charge is 0.497 e. The van der Waals surface area contributed by atoms with Gasteiger partial charge in [-0.05, 0) is 49.1 Å².